The second-order valence-electron chi connectivity index (χ2n) is 6.06. The number of nitro groups is 1. The van der Waals surface area contributed by atoms with Crippen LogP contribution in [0.2, 0.25) is 0 Å². The van der Waals surface area contributed by atoms with Crippen LogP contribution in [-0.4, -0.2) is 35.7 Å². The van der Waals surface area contributed by atoms with Crippen molar-refractivity contribution in [2.45, 2.75) is 34.9 Å². The highest BCUT2D eigenvalue weighted by Crippen LogP contribution is 2.35. The van der Waals surface area contributed by atoms with Crippen LogP contribution in [0.3, 0.4) is 0 Å². The van der Waals surface area contributed by atoms with E-state index in [1.54, 1.807) is 24.3 Å². The molecule has 0 amide bonds. The minimum absolute atomic E-state index is 0.0509. The largest absolute Gasteiger partial charge is 0.269 e. The zero-order valence-electron chi connectivity index (χ0n) is 14.2. The SMILES string of the molecule is CC(Sc1ccc(S(=O)(=O)N2CCCC2)cn1)c1cccc([N+](=O)[O-])c1. The molecule has 1 aromatic carbocycles. The third kappa shape index (κ3) is 4.05. The van der Waals surface area contributed by atoms with Gasteiger partial charge in [0, 0.05) is 36.7 Å². The van der Waals surface area contributed by atoms with Gasteiger partial charge in [-0.25, -0.2) is 13.4 Å². The molecule has 7 nitrogen and oxygen atoms in total. The fraction of sp³-hybridized carbons (Fsp3) is 0.353. The molecule has 1 fully saturated rings. The molecule has 2 heterocycles. The summed E-state index contributed by atoms with van der Waals surface area (Å²) in [7, 11) is -3.46. The molecule has 2 aromatic rings. The van der Waals surface area contributed by atoms with Gasteiger partial charge in [0.15, 0.2) is 0 Å². The standard InChI is InChI=1S/C17H19N3O4S2/c1-13(14-5-4-6-15(11-14)20(21)22)25-17-8-7-16(12-18-17)26(23,24)19-9-2-3-10-19/h4-8,11-13H,2-3,9-10H2,1H3. The lowest BCUT2D eigenvalue weighted by atomic mass is 10.1. The third-order valence-electron chi connectivity index (χ3n) is 4.26. The molecule has 1 unspecified atom stereocenters. The topological polar surface area (TPSA) is 93.4 Å². The number of thioether (sulfide) groups is 1. The van der Waals surface area contributed by atoms with Crippen LogP contribution in [-0.2, 0) is 10.0 Å². The Labute approximate surface area is 156 Å². The molecule has 1 aliphatic rings. The molecule has 0 saturated carbocycles. The van der Waals surface area contributed by atoms with Crippen molar-refractivity contribution in [2.24, 2.45) is 0 Å². The van der Waals surface area contributed by atoms with Crippen LogP contribution in [0.4, 0.5) is 5.69 Å². The van der Waals surface area contributed by atoms with E-state index in [1.165, 1.54) is 28.3 Å². The van der Waals surface area contributed by atoms with Gasteiger partial charge in [0.05, 0.1) is 9.95 Å². The molecule has 1 aromatic heterocycles. The summed E-state index contributed by atoms with van der Waals surface area (Å²) >= 11 is 1.43. The molecule has 9 heteroatoms. The van der Waals surface area contributed by atoms with Crippen molar-refractivity contribution < 1.29 is 13.3 Å². The highest BCUT2D eigenvalue weighted by Gasteiger charge is 2.27. The van der Waals surface area contributed by atoms with Crippen molar-refractivity contribution in [3.63, 3.8) is 0 Å². The van der Waals surface area contributed by atoms with Gasteiger partial charge in [-0.05, 0) is 37.5 Å². The average molecular weight is 393 g/mol. The molecule has 1 saturated heterocycles. The second-order valence-corrected chi connectivity index (χ2v) is 9.35. The molecular formula is C17H19N3O4S2. The zero-order valence-corrected chi connectivity index (χ0v) is 15.9. The first-order chi connectivity index (χ1) is 12.4. The van der Waals surface area contributed by atoms with E-state index in [0.717, 1.165) is 18.4 Å². The van der Waals surface area contributed by atoms with Crippen molar-refractivity contribution in [3.05, 3.63) is 58.3 Å². The Hall–Kier alpha value is -1.97. The predicted molar refractivity (Wildman–Crippen MR) is 99.6 cm³/mol. The Morgan fingerprint density at radius 2 is 1.96 bits per heavy atom. The molecule has 3 rings (SSSR count). The van der Waals surface area contributed by atoms with Gasteiger partial charge in [0.25, 0.3) is 5.69 Å². The predicted octanol–water partition coefficient (Wildman–Crippen LogP) is 3.63. The van der Waals surface area contributed by atoms with Gasteiger partial charge < -0.3 is 0 Å². The van der Waals surface area contributed by atoms with Crippen molar-refractivity contribution in [1.29, 1.82) is 0 Å². The fourth-order valence-corrected chi connectivity index (χ4v) is 5.18. The summed E-state index contributed by atoms with van der Waals surface area (Å²) in [6.45, 7) is 3.05. The Morgan fingerprint density at radius 1 is 1.23 bits per heavy atom. The minimum Gasteiger partial charge on any atom is -0.258 e. The van der Waals surface area contributed by atoms with E-state index < -0.39 is 14.9 Å². The van der Waals surface area contributed by atoms with E-state index in [0.29, 0.717) is 18.1 Å². The average Bonchev–Trinajstić information content (AvgIpc) is 3.18. The number of hydrogen-bond acceptors (Lipinski definition) is 6. The van der Waals surface area contributed by atoms with Crippen molar-refractivity contribution >= 4 is 27.5 Å². The van der Waals surface area contributed by atoms with E-state index in [1.807, 2.05) is 13.0 Å². The van der Waals surface area contributed by atoms with Gasteiger partial charge in [-0.1, -0.05) is 23.9 Å². The fourth-order valence-electron chi connectivity index (χ4n) is 2.81. The van der Waals surface area contributed by atoms with E-state index >= 15 is 0 Å². The monoisotopic (exact) mass is 393 g/mol. The first-order valence-corrected chi connectivity index (χ1v) is 10.6. The maximum atomic E-state index is 12.5. The first-order valence-electron chi connectivity index (χ1n) is 8.25. The second kappa shape index (κ2) is 7.73. The van der Waals surface area contributed by atoms with Crippen molar-refractivity contribution in [1.82, 2.24) is 9.29 Å². The van der Waals surface area contributed by atoms with Gasteiger partial charge in [0.2, 0.25) is 10.0 Å². The van der Waals surface area contributed by atoms with E-state index in [4.69, 9.17) is 0 Å². The number of aromatic nitrogens is 1. The lowest BCUT2D eigenvalue weighted by molar-refractivity contribution is -0.384. The third-order valence-corrected chi connectivity index (χ3v) is 7.25. The van der Waals surface area contributed by atoms with Gasteiger partial charge in [-0.3, -0.25) is 10.1 Å². The summed E-state index contributed by atoms with van der Waals surface area (Å²) < 4.78 is 26.5. The Bertz CT molecular complexity index is 894. The summed E-state index contributed by atoms with van der Waals surface area (Å²) in [6.07, 6.45) is 3.17. The lowest BCUT2D eigenvalue weighted by Crippen LogP contribution is -2.27. The van der Waals surface area contributed by atoms with Crippen LogP contribution < -0.4 is 0 Å². The highest BCUT2D eigenvalue weighted by atomic mass is 32.2. The molecule has 26 heavy (non-hydrogen) atoms. The molecule has 0 radical (unpaired) electrons. The molecule has 0 aliphatic carbocycles. The molecule has 0 bridgehead atoms. The molecule has 0 spiro atoms. The smallest absolute Gasteiger partial charge is 0.258 e. The van der Waals surface area contributed by atoms with Crippen LogP contribution in [0.5, 0.6) is 0 Å². The number of pyridine rings is 1. The summed E-state index contributed by atoms with van der Waals surface area (Å²) in [6, 6.07) is 9.74. The molecule has 1 atom stereocenters. The summed E-state index contributed by atoms with van der Waals surface area (Å²) in [4.78, 5) is 14.9. The number of nitro benzene ring substituents is 1. The Kier molecular flexibility index (Phi) is 5.59. The Morgan fingerprint density at radius 3 is 2.58 bits per heavy atom. The molecule has 1 aliphatic heterocycles. The molecule has 138 valence electrons. The van der Waals surface area contributed by atoms with E-state index in [9.17, 15) is 18.5 Å². The van der Waals surface area contributed by atoms with Gasteiger partial charge in [-0.15, -0.1) is 0 Å². The summed E-state index contributed by atoms with van der Waals surface area (Å²) in [5, 5.41) is 11.5. The van der Waals surface area contributed by atoms with Crippen molar-refractivity contribution in [3.8, 4) is 0 Å². The van der Waals surface area contributed by atoms with Gasteiger partial charge in [-0.2, -0.15) is 4.31 Å². The Balaban J connectivity index is 1.73. The van der Waals surface area contributed by atoms with Crippen LogP contribution in [0.1, 0.15) is 30.6 Å². The van der Waals surface area contributed by atoms with Crippen molar-refractivity contribution in [2.75, 3.05) is 13.1 Å². The zero-order chi connectivity index (χ0) is 18.7. The highest BCUT2D eigenvalue weighted by molar-refractivity contribution is 7.99. The number of nitrogens with zero attached hydrogens (tertiary/aromatic N) is 3. The maximum absolute atomic E-state index is 12.5. The summed E-state index contributed by atoms with van der Waals surface area (Å²) in [5.41, 5.74) is 0.870. The maximum Gasteiger partial charge on any atom is 0.269 e. The van der Waals surface area contributed by atoms with Gasteiger partial charge in [0.1, 0.15) is 4.90 Å². The lowest BCUT2D eigenvalue weighted by Gasteiger charge is -2.15. The summed E-state index contributed by atoms with van der Waals surface area (Å²) in [5.74, 6) is 0. The number of hydrogen-bond donors (Lipinski definition) is 0. The first kappa shape index (κ1) is 18.8. The number of non-ortho nitro benzene ring substituents is 1. The number of sulfonamides is 1. The van der Waals surface area contributed by atoms with Crippen LogP contribution in [0, 0.1) is 10.1 Å². The van der Waals surface area contributed by atoms with Crippen LogP contribution in [0.15, 0.2) is 52.5 Å². The molecule has 0 N–H and O–H groups in total. The molecular weight excluding hydrogens is 374 g/mol. The van der Waals surface area contributed by atoms with Crippen LogP contribution in [0.25, 0.3) is 0 Å². The normalized spacial score (nSPS) is 16.5. The quantitative estimate of drug-likeness (QED) is 0.423. The van der Waals surface area contributed by atoms with Crippen LogP contribution >= 0.6 is 11.8 Å². The minimum atomic E-state index is -3.46. The number of rotatable bonds is 6. The van der Waals surface area contributed by atoms with E-state index in [-0.39, 0.29) is 15.8 Å². The van der Waals surface area contributed by atoms with E-state index in [2.05, 4.69) is 4.98 Å². The van der Waals surface area contributed by atoms with Gasteiger partial charge >= 0.3 is 0 Å². The number of benzene rings is 1.